The van der Waals surface area contributed by atoms with Crippen molar-refractivity contribution in [3.8, 4) is 0 Å². The molecule has 0 aliphatic carbocycles. The molecule has 2 amide bonds. The predicted molar refractivity (Wildman–Crippen MR) is 72.0 cm³/mol. The molecular weight excluding hydrogens is 252 g/mol. The highest BCUT2D eigenvalue weighted by Gasteiger charge is 1.99. The second-order valence-electron chi connectivity index (χ2n) is 3.46. The molecule has 3 N–H and O–H groups in total. The Morgan fingerprint density at radius 1 is 1.33 bits per heavy atom. The van der Waals surface area contributed by atoms with E-state index in [2.05, 4.69) is 20.8 Å². The summed E-state index contributed by atoms with van der Waals surface area (Å²) >= 11 is 5.79. The first-order valence-electron chi connectivity index (χ1n) is 5.23. The molecule has 0 saturated heterocycles. The molecule has 0 radical (unpaired) electrons. The van der Waals surface area contributed by atoms with Crippen LogP contribution in [0.3, 0.4) is 0 Å². The van der Waals surface area contributed by atoms with Crippen molar-refractivity contribution >= 4 is 29.5 Å². The number of nitrogens with zero attached hydrogens (tertiary/aromatic N) is 1. The summed E-state index contributed by atoms with van der Waals surface area (Å²) in [6.07, 6.45) is 3.28. The molecule has 2 rings (SSSR count). The number of aromatic nitrogens is 1. The molecule has 0 aliphatic rings. The fourth-order valence-corrected chi connectivity index (χ4v) is 1.50. The molecule has 0 fully saturated rings. The Balaban J connectivity index is 1.86. The van der Waals surface area contributed by atoms with E-state index in [9.17, 15) is 4.79 Å². The van der Waals surface area contributed by atoms with Crippen molar-refractivity contribution in [3.63, 3.8) is 0 Å². The Morgan fingerprint density at radius 2 is 2.22 bits per heavy atom. The van der Waals surface area contributed by atoms with Gasteiger partial charge in [0.15, 0.2) is 0 Å². The van der Waals surface area contributed by atoms with E-state index in [0.29, 0.717) is 10.7 Å². The molecule has 0 bridgehead atoms. The Kier molecular flexibility index (Phi) is 3.98. The highest BCUT2D eigenvalue weighted by molar-refractivity contribution is 6.30. The van der Waals surface area contributed by atoms with E-state index in [1.54, 1.807) is 30.5 Å². The molecule has 1 aromatic carbocycles. The molecule has 18 heavy (non-hydrogen) atoms. The molecule has 0 unspecified atom stereocenters. The van der Waals surface area contributed by atoms with Crippen LogP contribution >= 0.6 is 11.6 Å². The maximum atomic E-state index is 11.5. The monoisotopic (exact) mass is 262 g/mol. The van der Waals surface area contributed by atoms with Crippen LogP contribution in [-0.4, -0.2) is 17.2 Å². The summed E-state index contributed by atoms with van der Waals surface area (Å²) in [6, 6.07) is 10.1. The van der Waals surface area contributed by atoms with Gasteiger partial charge in [0.05, 0.1) is 11.9 Å². The third kappa shape index (κ3) is 3.64. The van der Waals surface area contributed by atoms with Crippen LogP contribution in [0, 0.1) is 0 Å². The van der Waals surface area contributed by atoms with Crippen LogP contribution in [0.15, 0.2) is 47.7 Å². The molecule has 0 atom stereocenters. The van der Waals surface area contributed by atoms with E-state index < -0.39 is 6.03 Å². The van der Waals surface area contributed by atoms with E-state index in [4.69, 9.17) is 11.6 Å². The molecule has 1 heterocycles. The van der Waals surface area contributed by atoms with Crippen LogP contribution < -0.4 is 10.7 Å². The molecule has 5 nitrogen and oxygen atoms in total. The number of carbonyl (C=O) groups excluding carboxylic acids is 1. The smallest absolute Gasteiger partial charge is 0.339 e. The van der Waals surface area contributed by atoms with Crippen molar-refractivity contribution in [3.05, 3.63) is 53.3 Å². The SMILES string of the molecule is O=C(N/N=C/c1ccc[nH]1)Nc1cccc(Cl)c1. The zero-order valence-corrected chi connectivity index (χ0v) is 10.1. The average Bonchev–Trinajstić information content (AvgIpc) is 2.82. The van der Waals surface area contributed by atoms with Gasteiger partial charge in [0.25, 0.3) is 0 Å². The van der Waals surface area contributed by atoms with Gasteiger partial charge in [-0.3, -0.25) is 0 Å². The number of carbonyl (C=O) groups is 1. The Hall–Kier alpha value is -2.27. The van der Waals surface area contributed by atoms with Gasteiger partial charge in [0, 0.05) is 16.9 Å². The number of benzene rings is 1. The minimum absolute atomic E-state index is 0.430. The first kappa shape index (κ1) is 12.2. The zero-order chi connectivity index (χ0) is 12.8. The number of hydrazone groups is 1. The van der Waals surface area contributed by atoms with Crippen molar-refractivity contribution in [2.75, 3.05) is 5.32 Å². The number of nitrogens with one attached hydrogen (secondary N) is 3. The first-order valence-corrected chi connectivity index (χ1v) is 5.61. The van der Waals surface area contributed by atoms with Crippen LogP contribution in [0.25, 0.3) is 0 Å². The van der Waals surface area contributed by atoms with Crippen LogP contribution in [0.5, 0.6) is 0 Å². The van der Waals surface area contributed by atoms with Gasteiger partial charge in [-0.25, -0.2) is 10.2 Å². The average molecular weight is 263 g/mol. The van der Waals surface area contributed by atoms with Gasteiger partial charge < -0.3 is 10.3 Å². The lowest BCUT2D eigenvalue weighted by Crippen LogP contribution is -2.24. The number of amides is 2. The number of aromatic amines is 1. The summed E-state index contributed by atoms with van der Waals surface area (Å²) < 4.78 is 0. The summed E-state index contributed by atoms with van der Waals surface area (Å²) in [5.41, 5.74) is 3.76. The Labute approximate surface area is 109 Å². The molecule has 6 heteroatoms. The lowest BCUT2D eigenvalue weighted by Gasteiger charge is -2.03. The number of hydrogen-bond acceptors (Lipinski definition) is 2. The molecule has 1 aromatic heterocycles. The highest BCUT2D eigenvalue weighted by Crippen LogP contribution is 2.14. The minimum Gasteiger partial charge on any atom is -0.360 e. The standard InChI is InChI=1S/C12H11ClN4O/c13-9-3-1-4-10(7-9)16-12(18)17-15-8-11-5-2-6-14-11/h1-8,14H,(H2,16,17,18)/b15-8+. The quantitative estimate of drug-likeness (QED) is 0.578. The molecule has 0 spiro atoms. The molecule has 2 aromatic rings. The maximum Gasteiger partial charge on any atom is 0.339 e. The Morgan fingerprint density at radius 3 is 2.94 bits per heavy atom. The van der Waals surface area contributed by atoms with Crippen LogP contribution in [0.2, 0.25) is 5.02 Å². The van der Waals surface area contributed by atoms with E-state index in [1.165, 1.54) is 6.21 Å². The van der Waals surface area contributed by atoms with Crippen molar-refractivity contribution in [2.24, 2.45) is 5.10 Å². The number of H-pyrrole nitrogens is 1. The second-order valence-corrected chi connectivity index (χ2v) is 3.90. The molecule has 0 aliphatic heterocycles. The zero-order valence-electron chi connectivity index (χ0n) is 9.35. The number of rotatable bonds is 3. The second kappa shape index (κ2) is 5.88. The first-order chi connectivity index (χ1) is 8.74. The topological polar surface area (TPSA) is 69.3 Å². The van der Waals surface area contributed by atoms with Crippen molar-refractivity contribution in [1.29, 1.82) is 0 Å². The third-order valence-electron chi connectivity index (χ3n) is 2.07. The van der Waals surface area contributed by atoms with Gasteiger partial charge in [-0.1, -0.05) is 17.7 Å². The van der Waals surface area contributed by atoms with Gasteiger partial charge in [-0.15, -0.1) is 0 Å². The van der Waals surface area contributed by atoms with Crippen molar-refractivity contribution in [1.82, 2.24) is 10.4 Å². The lowest BCUT2D eigenvalue weighted by molar-refractivity contribution is 0.252. The van der Waals surface area contributed by atoms with Crippen molar-refractivity contribution < 1.29 is 4.79 Å². The summed E-state index contributed by atoms with van der Waals surface area (Å²) in [5.74, 6) is 0. The van der Waals surface area contributed by atoms with Gasteiger partial charge in [-0.2, -0.15) is 5.10 Å². The fraction of sp³-hybridized carbons (Fsp3) is 0. The summed E-state index contributed by atoms with van der Waals surface area (Å²) in [6.45, 7) is 0. The molecule has 0 saturated carbocycles. The molecule has 92 valence electrons. The predicted octanol–water partition coefficient (Wildman–Crippen LogP) is 2.82. The molecular formula is C12H11ClN4O. The van der Waals surface area contributed by atoms with E-state index in [1.807, 2.05) is 12.1 Å². The maximum absolute atomic E-state index is 11.5. The van der Waals surface area contributed by atoms with Crippen LogP contribution in [0.4, 0.5) is 10.5 Å². The van der Waals surface area contributed by atoms with E-state index in [-0.39, 0.29) is 0 Å². The van der Waals surface area contributed by atoms with Crippen LogP contribution in [-0.2, 0) is 0 Å². The largest absolute Gasteiger partial charge is 0.360 e. The third-order valence-corrected chi connectivity index (χ3v) is 2.31. The van der Waals surface area contributed by atoms with Crippen molar-refractivity contribution in [2.45, 2.75) is 0 Å². The lowest BCUT2D eigenvalue weighted by atomic mass is 10.3. The van der Waals surface area contributed by atoms with Gasteiger partial charge >= 0.3 is 6.03 Å². The summed E-state index contributed by atoms with van der Waals surface area (Å²) in [5, 5.41) is 6.94. The number of urea groups is 1. The minimum atomic E-state index is -0.430. The van der Waals surface area contributed by atoms with Gasteiger partial charge in [-0.05, 0) is 30.3 Å². The van der Waals surface area contributed by atoms with Gasteiger partial charge in [0.1, 0.15) is 0 Å². The summed E-state index contributed by atoms with van der Waals surface area (Å²) in [7, 11) is 0. The normalized spacial score (nSPS) is 10.5. The fourth-order valence-electron chi connectivity index (χ4n) is 1.31. The highest BCUT2D eigenvalue weighted by atomic mass is 35.5. The van der Waals surface area contributed by atoms with Crippen LogP contribution in [0.1, 0.15) is 5.69 Å². The van der Waals surface area contributed by atoms with E-state index >= 15 is 0 Å². The van der Waals surface area contributed by atoms with E-state index in [0.717, 1.165) is 5.69 Å². The number of anilines is 1. The Bertz CT molecular complexity index is 551. The number of halogens is 1. The summed E-state index contributed by atoms with van der Waals surface area (Å²) in [4.78, 5) is 14.4. The number of hydrogen-bond donors (Lipinski definition) is 3. The van der Waals surface area contributed by atoms with Gasteiger partial charge in [0.2, 0.25) is 0 Å².